The van der Waals surface area contributed by atoms with Gasteiger partial charge in [0.25, 0.3) is 5.91 Å². The second-order valence-electron chi connectivity index (χ2n) is 6.23. The fourth-order valence-electron chi connectivity index (χ4n) is 3.38. The maximum Gasteiger partial charge on any atom is 0.417 e. The molecule has 3 amide bonds. The first kappa shape index (κ1) is 14.7. The summed E-state index contributed by atoms with van der Waals surface area (Å²) < 4.78 is 6.72. The summed E-state index contributed by atoms with van der Waals surface area (Å²) in [6.07, 6.45) is 1.68. The molecule has 1 aromatic heterocycles. The van der Waals surface area contributed by atoms with Crippen molar-refractivity contribution in [3.8, 4) is 0 Å². The highest BCUT2D eigenvalue weighted by atomic mass is 16.6. The van der Waals surface area contributed by atoms with Gasteiger partial charge in [0.2, 0.25) is 5.91 Å². The topological polar surface area (TPSA) is 71.8 Å². The lowest BCUT2D eigenvalue weighted by Crippen LogP contribution is -2.62. The minimum absolute atomic E-state index is 0.00242. The number of imide groups is 1. The van der Waals surface area contributed by atoms with E-state index in [0.717, 1.165) is 21.4 Å². The number of likely N-dealkylation sites (tertiary alicyclic amines) is 1. The van der Waals surface area contributed by atoms with Gasteiger partial charge >= 0.3 is 6.09 Å². The number of carbonyl (C=O) groups excluding carboxylic acids is 3. The van der Waals surface area contributed by atoms with E-state index in [1.54, 1.807) is 4.90 Å². The van der Waals surface area contributed by atoms with Crippen molar-refractivity contribution in [2.45, 2.75) is 12.5 Å². The molecule has 3 heterocycles. The van der Waals surface area contributed by atoms with Crippen LogP contribution in [0.25, 0.3) is 10.9 Å². The number of ether oxygens (including phenoxy) is 1. The van der Waals surface area contributed by atoms with Crippen LogP contribution >= 0.6 is 0 Å². The number of amides is 3. The van der Waals surface area contributed by atoms with Crippen molar-refractivity contribution in [1.29, 1.82) is 0 Å². The summed E-state index contributed by atoms with van der Waals surface area (Å²) in [4.78, 5) is 38.4. The second-order valence-corrected chi connectivity index (χ2v) is 6.23. The molecular formula is C17H17N3O4. The molecule has 0 bridgehead atoms. The molecule has 1 aromatic carbocycles. The lowest BCUT2D eigenvalue weighted by molar-refractivity contribution is -0.141. The third-order valence-corrected chi connectivity index (χ3v) is 4.69. The fourth-order valence-corrected chi connectivity index (χ4v) is 3.38. The van der Waals surface area contributed by atoms with E-state index in [1.165, 1.54) is 0 Å². The van der Waals surface area contributed by atoms with Crippen LogP contribution in [0.15, 0.2) is 30.5 Å². The summed E-state index contributed by atoms with van der Waals surface area (Å²) in [5, 5.41) is 1.07. The number of carbonyl (C=O) groups is 3. The summed E-state index contributed by atoms with van der Waals surface area (Å²) in [6.45, 7) is 0.564. The Morgan fingerprint density at radius 3 is 2.71 bits per heavy atom. The van der Waals surface area contributed by atoms with E-state index in [-0.39, 0.29) is 24.5 Å². The standard InChI is InChI=1S/C17H17N3O4/c1-18-7-11(13-4-2-3-5-14(13)18)6-15(21)19-8-12(9-19)20-16(22)10-24-17(20)23/h2-5,7,12H,6,8-10H2,1H3. The van der Waals surface area contributed by atoms with Gasteiger partial charge in [-0.3, -0.25) is 9.59 Å². The van der Waals surface area contributed by atoms with Gasteiger partial charge in [0.1, 0.15) is 0 Å². The molecule has 24 heavy (non-hydrogen) atoms. The van der Waals surface area contributed by atoms with Crippen LogP contribution in [-0.2, 0) is 27.8 Å². The van der Waals surface area contributed by atoms with Crippen molar-refractivity contribution in [3.63, 3.8) is 0 Å². The third kappa shape index (κ3) is 2.24. The van der Waals surface area contributed by atoms with Crippen molar-refractivity contribution in [1.82, 2.24) is 14.4 Å². The summed E-state index contributed by atoms with van der Waals surface area (Å²) >= 11 is 0. The largest absolute Gasteiger partial charge is 0.439 e. The number of cyclic esters (lactones) is 1. The molecule has 0 radical (unpaired) electrons. The molecular weight excluding hydrogens is 310 g/mol. The second kappa shape index (κ2) is 5.36. The molecule has 2 fully saturated rings. The Kier molecular flexibility index (Phi) is 3.30. The highest BCUT2D eigenvalue weighted by Crippen LogP contribution is 2.24. The molecule has 2 aliphatic rings. The van der Waals surface area contributed by atoms with Crippen molar-refractivity contribution >= 4 is 28.8 Å². The normalized spacial score (nSPS) is 18.2. The smallest absolute Gasteiger partial charge is 0.417 e. The van der Waals surface area contributed by atoms with Gasteiger partial charge in [-0.2, -0.15) is 0 Å². The SMILES string of the molecule is Cn1cc(CC(=O)N2CC(N3C(=O)COC3=O)C2)c2ccccc21. The quantitative estimate of drug-likeness (QED) is 0.840. The first-order valence-electron chi connectivity index (χ1n) is 7.84. The van der Waals surface area contributed by atoms with Gasteiger partial charge < -0.3 is 14.2 Å². The molecule has 0 aliphatic carbocycles. The summed E-state index contributed by atoms with van der Waals surface area (Å²) in [5.41, 5.74) is 2.07. The van der Waals surface area contributed by atoms with Crippen LogP contribution in [0.1, 0.15) is 5.56 Å². The molecule has 2 saturated heterocycles. The van der Waals surface area contributed by atoms with Gasteiger partial charge in [-0.1, -0.05) is 18.2 Å². The van der Waals surface area contributed by atoms with Crippen LogP contribution in [-0.4, -0.2) is 58.0 Å². The van der Waals surface area contributed by atoms with Crippen LogP contribution in [0.4, 0.5) is 4.79 Å². The Morgan fingerprint density at radius 1 is 1.25 bits per heavy atom. The van der Waals surface area contributed by atoms with Gasteiger partial charge in [0, 0.05) is 37.2 Å². The minimum Gasteiger partial charge on any atom is -0.439 e. The number of rotatable bonds is 3. The lowest BCUT2D eigenvalue weighted by atomic mass is 10.0. The van der Waals surface area contributed by atoms with E-state index < -0.39 is 6.09 Å². The molecule has 2 aliphatic heterocycles. The molecule has 0 N–H and O–H groups in total. The number of hydrogen-bond donors (Lipinski definition) is 0. The van der Waals surface area contributed by atoms with E-state index in [1.807, 2.05) is 42.1 Å². The first-order valence-corrected chi connectivity index (χ1v) is 7.84. The molecule has 0 saturated carbocycles. The van der Waals surface area contributed by atoms with E-state index in [9.17, 15) is 14.4 Å². The number of benzene rings is 1. The van der Waals surface area contributed by atoms with Crippen LogP contribution in [0.5, 0.6) is 0 Å². The maximum atomic E-state index is 12.5. The zero-order valence-corrected chi connectivity index (χ0v) is 13.3. The average molecular weight is 327 g/mol. The van der Waals surface area contributed by atoms with Gasteiger partial charge in [0.05, 0.1) is 12.5 Å². The van der Waals surface area contributed by atoms with E-state index in [2.05, 4.69) is 0 Å². The zero-order valence-electron chi connectivity index (χ0n) is 13.3. The molecule has 124 valence electrons. The van der Waals surface area contributed by atoms with E-state index in [0.29, 0.717) is 19.5 Å². The van der Waals surface area contributed by atoms with Gasteiger partial charge in [-0.05, 0) is 11.6 Å². The van der Waals surface area contributed by atoms with Crippen LogP contribution in [0.3, 0.4) is 0 Å². The van der Waals surface area contributed by atoms with Gasteiger partial charge in [-0.15, -0.1) is 0 Å². The molecule has 7 nitrogen and oxygen atoms in total. The Labute approximate surface area is 138 Å². The van der Waals surface area contributed by atoms with Crippen molar-refractivity contribution < 1.29 is 19.1 Å². The highest BCUT2D eigenvalue weighted by molar-refractivity contribution is 5.98. The predicted molar refractivity (Wildman–Crippen MR) is 85.2 cm³/mol. The number of aryl methyl sites for hydroxylation is 1. The number of hydrogen-bond acceptors (Lipinski definition) is 4. The molecule has 0 spiro atoms. The molecule has 0 unspecified atom stereocenters. The first-order chi connectivity index (χ1) is 11.5. The fraction of sp³-hybridized carbons (Fsp3) is 0.353. The Bertz CT molecular complexity index is 835. The number of nitrogens with zero attached hydrogens (tertiary/aromatic N) is 3. The monoisotopic (exact) mass is 327 g/mol. The number of aromatic nitrogens is 1. The van der Waals surface area contributed by atoms with Crippen LogP contribution < -0.4 is 0 Å². The maximum absolute atomic E-state index is 12.5. The Balaban J connectivity index is 1.43. The minimum atomic E-state index is -0.605. The summed E-state index contributed by atoms with van der Waals surface area (Å²) in [7, 11) is 1.96. The molecule has 4 rings (SSSR count). The number of fused-ring (bicyclic) bond motifs is 1. The summed E-state index contributed by atoms with van der Waals surface area (Å²) in [6, 6.07) is 7.70. The van der Waals surface area contributed by atoms with Crippen molar-refractivity contribution in [2.75, 3.05) is 19.7 Å². The van der Waals surface area contributed by atoms with Gasteiger partial charge in [-0.25, -0.2) is 9.69 Å². The van der Waals surface area contributed by atoms with Crippen molar-refractivity contribution in [3.05, 3.63) is 36.0 Å². The third-order valence-electron chi connectivity index (χ3n) is 4.69. The molecule has 7 heteroatoms. The van der Waals surface area contributed by atoms with Gasteiger partial charge in [0.15, 0.2) is 6.61 Å². The Hall–Kier alpha value is -2.83. The average Bonchev–Trinajstić information content (AvgIpc) is 3.01. The van der Waals surface area contributed by atoms with E-state index in [4.69, 9.17) is 4.74 Å². The summed E-state index contributed by atoms with van der Waals surface area (Å²) in [5.74, 6) is -0.325. The number of para-hydroxylation sites is 1. The zero-order chi connectivity index (χ0) is 16.8. The lowest BCUT2D eigenvalue weighted by Gasteiger charge is -2.42. The predicted octanol–water partition coefficient (Wildman–Crippen LogP) is 0.910. The van der Waals surface area contributed by atoms with E-state index >= 15 is 0 Å². The van der Waals surface area contributed by atoms with Crippen LogP contribution in [0, 0.1) is 0 Å². The highest BCUT2D eigenvalue weighted by Gasteiger charge is 2.44. The van der Waals surface area contributed by atoms with Crippen molar-refractivity contribution in [2.24, 2.45) is 7.05 Å². The van der Waals surface area contributed by atoms with Crippen LogP contribution in [0.2, 0.25) is 0 Å². The Morgan fingerprint density at radius 2 is 2.00 bits per heavy atom. The molecule has 0 atom stereocenters. The molecule has 2 aromatic rings.